The van der Waals surface area contributed by atoms with Crippen molar-refractivity contribution in [2.75, 3.05) is 13.1 Å². The van der Waals surface area contributed by atoms with E-state index < -0.39 is 5.97 Å². The Morgan fingerprint density at radius 1 is 1.48 bits per heavy atom. The molecule has 1 fully saturated rings. The van der Waals surface area contributed by atoms with Gasteiger partial charge in [-0.2, -0.15) is 0 Å². The third-order valence-electron chi connectivity index (χ3n) is 3.74. The molecule has 6 heteroatoms. The van der Waals surface area contributed by atoms with Crippen LogP contribution >= 0.6 is 0 Å². The highest BCUT2D eigenvalue weighted by Crippen LogP contribution is 2.21. The molecule has 114 valence electrons. The molecular weight excluding hydrogens is 270 g/mol. The number of carbonyl (C=O) groups excluding carboxylic acids is 1. The van der Waals surface area contributed by atoms with Gasteiger partial charge in [-0.1, -0.05) is 6.07 Å². The second kappa shape index (κ2) is 7.61. The van der Waals surface area contributed by atoms with Crippen molar-refractivity contribution in [2.24, 2.45) is 5.92 Å². The van der Waals surface area contributed by atoms with E-state index in [2.05, 4.69) is 10.3 Å². The van der Waals surface area contributed by atoms with E-state index in [1.165, 1.54) is 0 Å². The molecule has 2 N–H and O–H groups in total. The molecule has 0 aliphatic carbocycles. The van der Waals surface area contributed by atoms with Gasteiger partial charge in [0.1, 0.15) is 0 Å². The number of nitrogens with one attached hydrogen (secondary N) is 1. The maximum atomic E-state index is 12.1. The van der Waals surface area contributed by atoms with Gasteiger partial charge in [0.15, 0.2) is 0 Å². The normalized spacial score (nSPS) is 18.3. The molecular formula is C15H21N3O3. The van der Waals surface area contributed by atoms with E-state index in [0.717, 1.165) is 24.9 Å². The number of urea groups is 1. The molecule has 2 heterocycles. The molecule has 0 bridgehead atoms. The van der Waals surface area contributed by atoms with Crippen molar-refractivity contribution in [1.29, 1.82) is 0 Å². The Balaban J connectivity index is 1.77. The number of carbonyl (C=O) groups is 2. The van der Waals surface area contributed by atoms with Crippen LogP contribution < -0.4 is 5.32 Å². The second-order valence-corrected chi connectivity index (χ2v) is 5.41. The lowest BCUT2D eigenvalue weighted by Gasteiger charge is -2.32. The van der Waals surface area contributed by atoms with Gasteiger partial charge in [0.2, 0.25) is 0 Å². The van der Waals surface area contributed by atoms with Crippen molar-refractivity contribution in [2.45, 2.75) is 32.2 Å². The van der Waals surface area contributed by atoms with E-state index in [9.17, 15) is 9.59 Å². The zero-order valence-corrected chi connectivity index (χ0v) is 12.0. The van der Waals surface area contributed by atoms with E-state index in [1.807, 2.05) is 12.1 Å². The highest BCUT2D eigenvalue weighted by molar-refractivity contribution is 5.74. The van der Waals surface area contributed by atoms with Crippen LogP contribution in [0.2, 0.25) is 0 Å². The summed E-state index contributed by atoms with van der Waals surface area (Å²) in [5.74, 6) is -0.479. The Morgan fingerprint density at radius 2 is 2.33 bits per heavy atom. The lowest BCUT2D eigenvalue weighted by atomic mass is 9.93. The average Bonchev–Trinajstić information content (AvgIpc) is 2.52. The first-order valence-electron chi connectivity index (χ1n) is 7.28. The number of hydrogen-bond donors (Lipinski definition) is 2. The van der Waals surface area contributed by atoms with E-state index in [1.54, 1.807) is 17.3 Å². The van der Waals surface area contributed by atoms with Crippen molar-refractivity contribution < 1.29 is 14.7 Å². The number of carboxylic acids is 1. The molecule has 1 aliphatic rings. The fourth-order valence-corrected chi connectivity index (χ4v) is 2.60. The smallest absolute Gasteiger partial charge is 0.317 e. The van der Waals surface area contributed by atoms with Gasteiger partial charge in [-0.05, 0) is 36.8 Å². The Bertz CT molecular complexity index is 478. The maximum Gasteiger partial charge on any atom is 0.317 e. The zero-order valence-electron chi connectivity index (χ0n) is 12.0. The zero-order chi connectivity index (χ0) is 15.1. The molecule has 1 unspecified atom stereocenters. The van der Waals surface area contributed by atoms with Crippen molar-refractivity contribution in [3.8, 4) is 0 Å². The maximum absolute atomic E-state index is 12.1. The highest BCUT2D eigenvalue weighted by atomic mass is 16.4. The summed E-state index contributed by atoms with van der Waals surface area (Å²) < 4.78 is 0. The third kappa shape index (κ3) is 5.06. The lowest BCUT2D eigenvalue weighted by Crippen LogP contribution is -2.45. The first-order chi connectivity index (χ1) is 10.1. The number of pyridine rings is 1. The van der Waals surface area contributed by atoms with Crippen molar-refractivity contribution >= 4 is 12.0 Å². The van der Waals surface area contributed by atoms with Crippen LogP contribution in [0.1, 0.15) is 31.2 Å². The van der Waals surface area contributed by atoms with E-state index >= 15 is 0 Å². The van der Waals surface area contributed by atoms with Crippen molar-refractivity contribution in [1.82, 2.24) is 15.2 Å². The molecule has 0 aromatic carbocycles. The summed E-state index contributed by atoms with van der Waals surface area (Å²) in [5.41, 5.74) is 0.963. The van der Waals surface area contributed by atoms with Gasteiger partial charge in [0, 0.05) is 38.4 Å². The van der Waals surface area contributed by atoms with Crippen LogP contribution in [0.3, 0.4) is 0 Å². The molecule has 0 saturated carbocycles. The summed E-state index contributed by atoms with van der Waals surface area (Å²) in [6.45, 7) is 1.84. The summed E-state index contributed by atoms with van der Waals surface area (Å²) >= 11 is 0. The van der Waals surface area contributed by atoms with Crippen LogP contribution in [-0.4, -0.2) is 40.1 Å². The summed E-state index contributed by atoms with van der Waals surface area (Å²) in [7, 11) is 0. The standard InChI is InChI=1S/C15H21N3O3/c19-14(20)6-5-12-4-2-8-18(11-12)15(21)17-10-13-3-1-7-16-9-13/h1,3,7,9,12H,2,4-6,8,10-11H2,(H,17,21)(H,19,20). The second-order valence-electron chi connectivity index (χ2n) is 5.41. The Morgan fingerprint density at radius 3 is 3.05 bits per heavy atom. The van der Waals surface area contributed by atoms with E-state index in [4.69, 9.17) is 5.11 Å². The minimum atomic E-state index is -0.770. The molecule has 2 rings (SSSR count). The first-order valence-corrected chi connectivity index (χ1v) is 7.28. The molecule has 1 atom stereocenters. The highest BCUT2D eigenvalue weighted by Gasteiger charge is 2.23. The number of rotatable bonds is 5. The summed E-state index contributed by atoms with van der Waals surface area (Å²) in [6.07, 6.45) is 6.18. The van der Waals surface area contributed by atoms with E-state index in [-0.39, 0.29) is 12.5 Å². The van der Waals surface area contributed by atoms with Crippen molar-refractivity contribution in [3.05, 3.63) is 30.1 Å². The Hall–Kier alpha value is -2.11. The Labute approximate surface area is 124 Å². The molecule has 6 nitrogen and oxygen atoms in total. The van der Waals surface area contributed by atoms with Gasteiger partial charge in [0.05, 0.1) is 0 Å². The first kappa shape index (κ1) is 15.3. The number of aromatic nitrogens is 1. The number of hydrogen-bond acceptors (Lipinski definition) is 3. The van der Waals surface area contributed by atoms with Gasteiger partial charge in [-0.15, -0.1) is 0 Å². The molecule has 1 aromatic rings. The minimum absolute atomic E-state index is 0.0844. The molecule has 1 saturated heterocycles. The Kier molecular flexibility index (Phi) is 5.54. The van der Waals surface area contributed by atoms with Crippen LogP contribution in [0.5, 0.6) is 0 Å². The van der Waals surface area contributed by atoms with Crippen LogP contribution in [0.25, 0.3) is 0 Å². The molecule has 2 amide bonds. The molecule has 21 heavy (non-hydrogen) atoms. The average molecular weight is 291 g/mol. The van der Waals surface area contributed by atoms with Crippen LogP contribution in [0, 0.1) is 5.92 Å². The molecule has 0 radical (unpaired) electrons. The molecule has 1 aromatic heterocycles. The number of carboxylic acid groups (broad SMARTS) is 1. The van der Waals surface area contributed by atoms with Gasteiger partial charge in [0.25, 0.3) is 0 Å². The summed E-state index contributed by atoms with van der Waals surface area (Å²) in [4.78, 5) is 28.5. The summed E-state index contributed by atoms with van der Waals surface area (Å²) in [6, 6.07) is 3.67. The van der Waals surface area contributed by atoms with Crippen LogP contribution in [0.4, 0.5) is 4.79 Å². The minimum Gasteiger partial charge on any atom is -0.481 e. The predicted molar refractivity (Wildman–Crippen MR) is 77.6 cm³/mol. The number of piperidine rings is 1. The fraction of sp³-hybridized carbons (Fsp3) is 0.533. The number of nitrogens with zero attached hydrogens (tertiary/aromatic N) is 2. The quantitative estimate of drug-likeness (QED) is 0.867. The molecule has 1 aliphatic heterocycles. The van der Waals surface area contributed by atoms with E-state index in [0.29, 0.717) is 25.4 Å². The largest absolute Gasteiger partial charge is 0.481 e. The molecule has 0 spiro atoms. The SMILES string of the molecule is O=C(O)CCC1CCCN(C(=O)NCc2cccnc2)C1. The van der Waals surface area contributed by atoms with Gasteiger partial charge in [-0.3, -0.25) is 9.78 Å². The van der Waals surface area contributed by atoms with Crippen molar-refractivity contribution in [3.63, 3.8) is 0 Å². The van der Waals surface area contributed by atoms with Crippen LogP contribution in [-0.2, 0) is 11.3 Å². The number of amides is 2. The van der Waals surface area contributed by atoms with Crippen LogP contribution in [0.15, 0.2) is 24.5 Å². The van der Waals surface area contributed by atoms with Gasteiger partial charge < -0.3 is 15.3 Å². The lowest BCUT2D eigenvalue weighted by molar-refractivity contribution is -0.137. The predicted octanol–water partition coefficient (Wildman–Crippen LogP) is 1.87. The monoisotopic (exact) mass is 291 g/mol. The third-order valence-corrected chi connectivity index (χ3v) is 3.74. The summed E-state index contributed by atoms with van der Waals surface area (Å²) in [5, 5.41) is 11.6. The number of likely N-dealkylation sites (tertiary alicyclic amines) is 1. The van der Waals surface area contributed by atoms with Gasteiger partial charge >= 0.3 is 12.0 Å². The van der Waals surface area contributed by atoms with Gasteiger partial charge in [-0.25, -0.2) is 4.79 Å². The fourth-order valence-electron chi connectivity index (χ4n) is 2.60. The topological polar surface area (TPSA) is 82.5 Å². The number of aliphatic carboxylic acids is 1.